The van der Waals surface area contributed by atoms with Gasteiger partial charge in [-0.2, -0.15) is 0 Å². The molecular formula is C13H24N4O3. The summed E-state index contributed by atoms with van der Waals surface area (Å²) in [5.74, 6) is 0.167. The second-order valence-corrected chi connectivity index (χ2v) is 5.45. The Balaban J connectivity index is 1.76. The van der Waals surface area contributed by atoms with Crippen LogP contribution in [0.4, 0.5) is 0 Å². The molecule has 2 heterocycles. The molecule has 0 aromatic carbocycles. The third-order valence-electron chi connectivity index (χ3n) is 3.74. The average Bonchev–Trinajstić information content (AvgIpc) is 2.48. The molecule has 2 fully saturated rings. The zero-order valence-electron chi connectivity index (χ0n) is 12.3. The van der Waals surface area contributed by atoms with Crippen molar-refractivity contribution in [2.45, 2.75) is 6.10 Å². The number of hydrogen-bond donors (Lipinski definition) is 1. The van der Waals surface area contributed by atoms with Gasteiger partial charge in [0.25, 0.3) is 5.91 Å². The van der Waals surface area contributed by atoms with E-state index >= 15 is 0 Å². The highest BCUT2D eigenvalue weighted by atomic mass is 16.5. The maximum atomic E-state index is 12.3. The zero-order chi connectivity index (χ0) is 14.5. The van der Waals surface area contributed by atoms with Gasteiger partial charge in [0.15, 0.2) is 0 Å². The van der Waals surface area contributed by atoms with Crippen molar-refractivity contribution in [3.63, 3.8) is 0 Å². The number of likely N-dealkylation sites (N-methyl/N-ethyl adjacent to an activating group) is 1. The van der Waals surface area contributed by atoms with Gasteiger partial charge in [-0.25, -0.2) is 0 Å². The number of rotatable bonds is 3. The number of carbonyl (C=O) groups is 2. The van der Waals surface area contributed by atoms with Crippen LogP contribution in [0.3, 0.4) is 0 Å². The number of nitrogens with zero attached hydrogens (tertiary/aromatic N) is 3. The number of morpholine rings is 1. The van der Waals surface area contributed by atoms with E-state index < -0.39 is 0 Å². The van der Waals surface area contributed by atoms with Crippen molar-refractivity contribution in [1.29, 1.82) is 0 Å². The first kappa shape index (κ1) is 15.2. The molecule has 20 heavy (non-hydrogen) atoms. The van der Waals surface area contributed by atoms with Gasteiger partial charge in [0.1, 0.15) is 6.10 Å². The van der Waals surface area contributed by atoms with Crippen LogP contribution in [0.15, 0.2) is 0 Å². The minimum atomic E-state index is -0.348. The van der Waals surface area contributed by atoms with Gasteiger partial charge in [0, 0.05) is 53.4 Å². The Morgan fingerprint density at radius 2 is 1.95 bits per heavy atom. The number of piperazine rings is 1. The van der Waals surface area contributed by atoms with Crippen LogP contribution in [0, 0.1) is 0 Å². The number of hydrogen-bond acceptors (Lipinski definition) is 5. The summed E-state index contributed by atoms with van der Waals surface area (Å²) in [6.45, 7) is 5.24. The molecule has 0 saturated carbocycles. The van der Waals surface area contributed by atoms with Gasteiger partial charge in [0.05, 0.1) is 13.2 Å². The van der Waals surface area contributed by atoms with Gasteiger partial charge in [-0.05, 0) is 0 Å². The Labute approximate surface area is 119 Å². The van der Waals surface area contributed by atoms with E-state index in [1.807, 2.05) is 4.90 Å². The van der Waals surface area contributed by atoms with Crippen LogP contribution in [0.25, 0.3) is 0 Å². The highest BCUT2D eigenvalue weighted by Gasteiger charge is 2.29. The summed E-state index contributed by atoms with van der Waals surface area (Å²) in [6.07, 6.45) is -0.348. The van der Waals surface area contributed by atoms with Crippen molar-refractivity contribution < 1.29 is 14.3 Å². The maximum Gasteiger partial charge on any atom is 0.253 e. The molecule has 1 N–H and O–H groups in total. The van der Waals surface area contributed by atoms with Gasteiger partial charge in [-0.3, -0.25) is 14.5 Å². The molecule has 2 rings (SSSR count). The van der Waals surface area contributed by atoms with Crippen molar-refractivity contribution in [2.24, 2.45) is 0 Å². The molecule has 2 aliphatic heterocycles. The summed E-state index contributed by atoms with van der Waals surface area (Å²) in [6, 6.07) is 0. The number of amides is 2. The summed E-state index contributed by atoms with van der Waals surface area (Å²) in [5.41, 5.74) is 0. The first-order valence-electron chi connectivity index (χ1n) is 7.11. The summed E-state index contributed by atoms with van der Waals surface area (Å²) < 4.78 is 5.49. The lowest BCUT2D eigenvalue weighted by Crippen LogP contribution is -2.56. The highest BCUT2D eigenvalue weighted by molar-refractivity contribution is 5.81. The third-order valence-corrected chi connectivity index (χ3v) is 3.74. The van der Waals surface area contributed by atoms with Crippen LogP contribution in [0.5, 0.6) is 0 Å². The molecule has 7 heteroatoms. The minimum absolute atomic E-state index is 0.0655. The smallest absolute Gasteiger partial charge is 0.253 e. The summed E-state index contributed by atoms with van der Waals surface area (Å²) >= 11 is 0. The molecular weight excluding hydrogens is 260 g/mol. The molecule has 0 aromatic rings. The fraction of sp³-hybridized carbons (Fsp3) is 0.846. The molecule has 0 bridgehead atoms. The Morgan fingerprint density at radius 1 is 1.25 bits per heavy atom. The van der Waals surface area contributed by atoms with Crippen LogP contribution in [-0.2, 0) is 14.3 Å². The predicted molar refractivity (Wildman–Crippen MR) is 74.3 cm³/mol. The molecule has 1 atom stereocenters. The van der Waals surface area contributed by atoms with Gasteiger partial charge in [-0.15, -0.1) is 0 Å². The number of nitrogens with one attached hydrogen (secondary N) is 1. The largest absolute Gasteiger partial charge is 0.366 e. The first-order valence-corrected chi connectivity index (χ1v) is 7.11. The second kappa shape index (κ2) is 7.01. The molecule has 2 aliphatic rings. The monoisotopic (exact) mass is 284 g/mol. The molecule has 0 spiro atoms. The summed E-state index contributed by atoms with van der Waals surface area (Å²) in [4.78, 5) is 29.4. The Bertz CT molecular complexity index is 348. The molecule has 0 radical (unpaired) electrons. The van der Waals surface area contributed by atoms with Crippen molar-refractivity contribution in [3.8, 4) is 0 Å². The van der Waals surface area contributed by atoms with E-state index in [1.54, 1.807) is 19.0 Å². The highest BCUT2D eigenvalue weighted by Crippen LogP contribution is 2.07. The molecule has 7 nitrogen and oxygen atoms in total. The van der Waals surface area contributed by atoms with E-state index in [0.29, 0.717) is 32.8 Å². The van der Waals surface area contributed by atoms with E-state index in [0.717, 1.165) is 19.6 Å². The van der Waals surface area contributed by atoms with Crippen LogP contribution in [0.2, 0.25) is 0 Å². The number of ether oxygens (including phenoxy) is 1. The first-order chi connectivity index (χ1) is 9.58. The molecule has 1 unspecified atom stereocenters. The second-order valence-electron chi connectivity index (χ2n) is 5.45. The van der Waals surface area contributed by atoms with Crippen molar-refractivity contribution >= 4 is 11.8 Å². The normalized spacial score (nSPS) is 24.5. The van der Waals surface area contributed by atoms with Crippen molar-refractivity contribution in [3.05, 3.63) is 0 Å². The summed E-state index contributed by atoms with van der Waals surface area (Å²) in [7, 11) is 3.52. The quantitative estimate of drug-likeness (QED) is 0.663. The lowest BCUT2D eigenvalue weighted by Gasteiger charge is -2.37. The Hall–Kier alpha value is -1.18. The molecule has 2 amide bonds. The van der Waals surface area contributed by atoms with E-state index in [-0.39, 0.29) is 17.9 Å². The van der Waals surface area contributed by atoms with Crippen LogP contribution < -0.4 is 5.32 Å². The lowest BCUT2D eigenvalue weighted by atomic mass is 10.2. The lowest BCUT2D eigenvalue weighted by molar-refractivity contribution is -0.147. The van der Waals surface area contributed by atoms with Crippen LogP contribution in [-0.4, -0.2) is 99.1 Å². The topological polar surface area (TPSA) is 65.1 Å². The van der Waals surface area contributed by atoms with Gasteiger partial charge >= 0.3 is 0 Å². The van der Waals surface area contributed by atoms with Gasteiger partial charge in [-0.1, -0.05) is 0 Å². The third kappa shape index (κ3) is 3.91. The summed E-state index contributed by atoms with van der Waals surface area (Å²) in [5, 5.41) is 3.17. The van der Waals surface area contributed by atoms with Crippen LogP contribution >= 0.6 is 0 Å². The van der Waals surface area contributed by atoms with Gasteiger partial charge < -0.3 is 19.9 Å². The number of carbonyl (C=O) groups excluding carboxylic acids is 2. The average molecular weight is 284 g/mol. The molecule has 2 saturated heterocycles. The standard InChI is InChI=1S/C13H24N4O3/c1-15(2)12(18)10-16-4-6-17(7-5-16)13(19)11-9-14-3-8-20-11/h11,14H,3-10H2,1-2H3. The minimum Gasteiger partial charge on any atom is -0.366 e. The molecule has 0 aliphatic carbocycles. The zero-order valence-corrected chi connectivity index (χ0v) is 12.3. The fourth-order valence-electron chi connectivity index (χ4n) is 2.39. The van der Waals surface area contributed by atoms with E-state index in [9.17, 15) is 9.59 Å². The van der Waals surface area contributed by atoms with Crippen molar-refractivity contribution in [2.75, 3.05) is 66.5 Å². The van der Waals surface area contributed by atoms with Crippen molar-refractivity contribution in [1.82, 2.24) is 20.0 Å². The Kier molecular flexibility index (Phi) is 5.33. The van der Waals surface area contributed by atoms with E-state index in [4.69, 9.17) is 4.74 Å². The Morgan fingerprint density at radius 3 is 2.50 bits per heavy atom. The molecule has 0 aromatic heterocycles. The maximum absolute atomic E-state index is 12.3. The van der Waals surface area contributed by atoms with E-state index in [1.165, 1.54) is 0 Å². The van der Waals surface area contributed by atoms with E-state index in [2.05, 4.69) is 10.2 Å². The van der Waals surface area contributed by atoms with Crippen LogP contribution in [0.1, 0.15) is 0 Å². The molecule has 114 valence electrons. The predicted octanol–water partition coefficient (Wildman–Crippen LogP) is -1.79. The fourth-order valence-corrected chi connectivity index (χ4v) is 2.39. The van der Waals surface area contributed by atoms with Gasteiger partial charge in [0.2, 0.25) is 5.91 Å². The SMILES string of the molecule is CN(C)C(=O)CN1CCN(C(=O)C2CNCCO2)CC1.